The van der Waals surface area contributed by atoms with Gasteiger partial charge in [0.1, 0.15) is 11.5 Å². The van der Waals surface area contributed by atoms with Crippen molar-refractivity contribution < 1.29 is 23.5 Å². The number of methoxy groups -OCH3 is 2. The Hall–Kier alpha value is -4.00. The zero-order chi connectivity index (χ0) is 23.8. The summed E-state index contributed by atoms with van der Waals surface area (Å²) in [6.45, 7) is 4.00. The fourth-order valence-corrected chi connectivity index (χ4v) is 3.46. The second kappa shape index (κ2) is 11.0. The molecule has 3 rings (SSSR count). The molecule has 0 radical (unpaired) electrons. The Morgan fingerprint density at radius 3 is 2.42 bits per heavy atom. The summed E-state index contributed by atoms with van der Waals surface area (Å²) in [7, 11) is 3.01. The molecule has 0 unspecified atom stereocenters. The Bertz CT molecular complexity index is 1140. The summed E-state index contributed by atoms with van der Waals surface area (Å²) < 4.78 is 15.9. The van der Waals surface area contributed by atoms with Crippen LogP contribution in [0, 0.1) is 6.92 Å². The van der Waals surface area contributed by atoms with Gasteiger partial charge < -0.3 is 24.5 Å². The van der Waals surface area contributed by atoms with E-state index in [-0.39, 0.29) is 11.7 Å². The van der Waals surface area contributed by atoms with Crippen LogP contribution in [0.5, 0.6) is 11.5 Å². The maximum Gasteiger partial charge on any atom is 0.268 e. The van der Waals surface area contributed by atoms with Crippen LogP contribution in [0.2, 0.25) is 0 Å². The number of nitrogens with one attached hydrogen (secondary N) is 2. The largest absolute Gasteiger partial charge is 0.493 e. The standard InChI is InChI=1S/C26H28N2O5/c1-5-21(20-11-7-6-9-17(20)2)27-26(30)22(16-19-10-8-14-33-19)28-25(29)18-12-13-23(31-3)24(15-18)32-4/h6-16,21H,5H2,1-4H3,(H,27,30)(H,28,29)/b22-16-/t21-/m1/s1. The Kier molecular flexibility index (Phi) is 7.91. The van der Waals surface area contributed by atoms with Gasteiger partial charge >= 0.3 is 0 Å². The Labute approximate surface area is 193 Å². The van der Waals surface area contributed by atoms with Crippen LogP contribution >= 0.6 is 0 Å². The third kappa shape index (κ3) is 5.83. The number of carbonyl (C=O) groups is 2. The number of aryl methyl sites for hydroxylation is 1. The van der Waals surface area contributed by atoms with Crippen molar-refractivity contribution in [2.24, 2.45) is 0 Å². The minimum atomic E-state index is -0.465. The molecule has 2 aromatic carbocycles. The van der Waals surface area contributed by atoms with Gasteiger partial charge in [0.25, 0.3) is 11.8 Å². The first-order valence-electron chi connectivity index (χ1n) is 10.6. The smallest absolute Gasteiger partial charge is 0.268 e. The molecule has 2 N–H and O–H groups in total. The van der Waals surface area contributed by atoms with Crippen LogP contribution in [0.25, 0.3) is 6.08 Å². The molecule has 1 atom stereocenters. The van der Waals surface area contributed by atoms with Gasteiger partial charge in [0.05, 0.1) is 26.5 Å². The lowest BCUT2D eigenvalue weighted by molar-refractivity contribution is -0.118. The van der Waals surface area contributed by atoms with Gasteiger partial charge in [-0.1, -0.05) is 31.2 Å². The first-order chi connectivity index (χ1) is 16.0. The van der Waals surface area contributed by atoms with E-state index >= 15 is 0 Å². The van der Waals surface area contributed by atoms with Gasteiger partial charge in [-0.3, -0.25) is 9.59 Å². The average Bonchev–Trinajstić information content (AvgIpc) is 3.35. The molecule has 3 aromatic rings. The fourth-order valence-electron chi connectivity index (χ4n) is 3.46. The van der Waals surface area contributed by atoms with E-state index in [4.69, 9.17) is 13.9 Å². The Morgan fingerprint density at radius 2 is 1.79 bits per heavy atom. The van der Waals surface area contributed by atoms with E-state index in [2.05, 4.69) is 10.6 Å². The minimum absolute atomic E-state index is 0.0665. The molecule has 1 heterocycles. The van der Waals surface area contributed by atoms with Crippen molar-refractivity contribution in [1.82, 2.24) is 10.6 Å². The first kappa shape index (κ1) is 23.7. The summed E-state index contributed by atoms with van der Waals surface area (Å²) in [5, 5.41) is 5.74. The van der Waals surface area contributed by atoms with Crippen molar-refractivity contribution in [1.29, 1.82) is 0 Å². The van der Waals surface area contributed by atoms with Crippen molar-refractivity contribution in [3.63, 3.8) is 0 Å². The minimum Gasteiger partial charge on any atom is -0.493 e. The molecular formula is C26H28N2O5. The predicted octanol–water partition coefficient (Wildman–Crippen LogP) is 4.64. The van der Waals surface area contributed by atoms with E-state index in [0.29, 0.717) is 29.2 Å². The number of carbonyl (C=O) groups excluding carboxylic acids is 2. The van der Waals surface area contributed by atoms with Gasteiger partial charge in [0.2, 0.25) is 0 Å². The lowest BCUT2D eigenvalue weighted by Crippen LogP contribution is -2.37. The number of amides is 2. The molecule has 0 aliphatic carbocycles. The summed E-state index contributed by atoms with van der Waals surface area (Å²) in [6.07, 6.45) is 3.69. The molecule has 0 aliphatic heterocycles. The van der Waals surface area contributed by atoms with Crippen LogP contribution in [-0.4, -0.2) is 26.0 Å². The van der Waals surface area contributed by atoms with Gasteiger partial charge in [-0.15, -0.1) is 0 Å². The fraction of sp³-hybridized carbons (Fsp3) is 0.231. The van der Waals surface area contributed by atoms with E-state index in [1.165, 1.54) is 26.6 Å². The van der Waals surface area contributed by atoms with Crippen LogP contribution < -0.4 is 20.1 Å². The van der Waals surface area contributed by atoms with E-state index in [1.807, 2.05) is 38.1 Å². The summed E-state index contributed by atoms with van der Waals surface area (Å²) in [6, 6.07) is 15.9. The first-order valence-corrected chi connectivity index (χ1v) is 10.6. The molecule has 0 fully saturated rings. The molecular weight excluding hydrogens is 420 g/mol. The number of hydrogen-bond donors (Lipinski definition) is 2. The zero-order valence-corrected chi connectivity index (χ0v) is 19.2. The zero-order valence-electron chi connectivity index (χ0n) is 19.2. The lowest BCUT2D eigenvalue weighted by atomic mass is 9.99. The van der Waals surface area contributed by atoms with Crippen molar-refractivity contribution in [3.8, 4) is 11.5 Å². The average molecular weight is 449 g/mol. The molecule has 0 saturated heterocycles. The van der Waals surface area contributed by atoms with Crippen LogP contribution in [-0.2, 0) is 4.79 Å². The second-order valence-electron chi connectivity index (χ2n) is 7.39. The third-order valence-corrected chi connectivity index (χ3v) is 5.25. The highest BCUT2D eigenvalue weighted by molar-refractivity contribution is 6.05. The summed E-state index contributed by atoms with van der Waals surface area (Å²) >= 11 is 0. The highest BCUT2D eigenvalue weighted by Gasteiger charge is 2.21. The highest BCUT2D eigenvalue weighted by atomic mass is 16.5. The van der Waals surface area contributed by atoms with Crippen molar-refractivity contribution in [2.45, 2.75) is 26.3 Å². The van der Waals surface area contributed by atoms with Gasteiger partial charge in [-0.2, -0.15) is 0 Å². The van der Waals surface area contributed by atoms with Crippen molar-refractivity contribution >= 4 is 17.9 Å². The number of hydrogen-bond acceptors (Lipinski definition) is 5. The molecule has 0 bridgehead atoms. The second-order valence-corrected chi connectivity index (χ2v) is 7.39. The van der Waals surface area contributed by atoms with Gasteiger partial charge in [0.15, 0.2) is 11.5 Å². The van der Waals surface area contributed by atoms with E-state index in [0.717, 1.165) is 11.1 Å². The topological polar surface area (TPSA) is 89.8 Å². The van der Waals surface area contributed by atoms with Crippen molar-refractivity contribution in [2.75, 3.05) is 14.2 Å². The van der Waals surface area contributed by atoms with Gasteiger partial charge in [-0.05, 0) is 54.8 Å². The lowest BCUT2D eigenvalue weighted by Gasteiger charge is -2.20. The maximum atomic E-state index is 13.2. The molecule has 7 heteroatoms. The number of furan rings is 1. The molecule has 0 spiro atoms. The highest BCUT2D eigenvalue weighted by Crippen LogP contribution is 2.27. The number of benzene rings is 2. The van der Waals surface area contributed by atoms with Crippen LogP contribution in [0.1, 0.15) is 46.6 Å². The van der Waals surface area contributed by atoms with Gasteiger partial charge in [-0.25, -0.2) is 0 Å². The molecule has 0 aliphatic rings. The molecule has 33 heavy (non-hydrogen) atoms. The van der Waals surface area contributed by atoms with E-state index in [9.17, 15) is 9.59 Å². The quantitative estimate of drug-likeness (QED) is 0.466. The summed E-state index contributed by atoms with van der Waals surface area (Å²) in [5.41, 5.74) is 2.49. The van der Waals surface area contributed by atoms with Crippen molar-refractivity contribution in [3.05, 3.63) is 89.0 Å². The monoisotopic (exact) mass is 448 g/mol. The molecule has 1 aromatic heterocycles. The van der Waals surface area contributed by atoms with Crippen LogP contribution in [0.3, 0.4) is 0 Å². The molecule has 172 valence electrons. The summed E-state index contributed by atoms with van der Waals surface area (Å²) in [4.78, 5) is 26.2. The molecule has 0 saturated carbocycles. The van der Waals surface area contributed by atoms with Crippen LogP contribution in [0.4, 0.5) is 0 Å². The Morgan fingerprint density at radius 1 is 1.03 bits per heavy atom. The Balaban J connectivity index is 1.87. The van der Waals surface area contributed by atoms with Gasteiger partial charge in [0, 0.05) is 11.6 Å². The molecule has 2 amide bonds. The van der Waals surface area contributed by atoms with E-state index in [1.54, 1.807) is 30.3 Å². The van der Waals surface area contributed by atoms with Crippen LogP contribution in [0.15, 0.2) is 71.0 Å². The normalized spacial score (nSPS) is 12.1. The number of ether oxygens (including phenoxy) is 2. The third-order valence-electron chi connectivity index (χ3n) is 5.25. The maximum absolute atomic E-state index is 13.2. The van der Waals surface area contributed by atoms with E-state index < -0.39 is 11.8 Å². The SMILES string of the molecule is CC[C@@H](NC(=O)/C(=C/c1ccco1)NC(=O)c1ccc(OC)c(OC)c1)c1ccccc1C. The number of rotatable bonds is 9. The molecule has 7 nitrogen and oxygen atoms in total. The summed E-state index contributed by atoms with van der Waals surface area (Å²) in [5.74, 6) is 0.471. The predicted molar refractivity (Wildman–Crippen MR) is 126 cm³/mol.